The zero-order valence-corrected chi connectivity index (χ0v) is 14.7. The molecule has 0 radical (unpaired) electrons. The second-order valence-electron chi connectivity index (χ2n) is 5.76. The minimum absolute atomic E-state index is 0.573. The number of rotatable bonds is 6. The van der Waals surface area contributed by atoms with Crippen LogP contribution in [-0.4, -0.2) is 18.8 Å². The van der Waals surface area contributed by atoms with Crippen molar-refractivity contribution in [2.24, 2.45) is 0 Å². The van der Waals surface area contributed by atoms with Gasteiger partial charge in [-0.15, -0.1) is 0 Å². The Morgan fingerprint density at radius 2 is 1.70 bits per heavy atom. The quantitative estimate of drug-likeness (QED) is 0.773. The Hall–Kier alpha value is -2.07. The minimum Gasteiger partial charge on any atom is -0.497 e. The van der Waals surface area contributed by atoms with Gasteiger partial charge in [0.1, 0.15) is 5.75 Å². The fraction of sp³-hybridized carbons (Fsp3) is 0.316. The Labute approximate surface area is 144 Å². The Balaban J connectivity index is 1.75. The monoisotopic (exact) mass is 328 g/mol. The second kappa shape index (κ2) is 8.53. The van der Waals surface area contributed by atoms with E-state index in [9.17, 15) is 0 Å². The summed E-state index contributed by atoms with van der Waals surface area (Å²) in [6, 6.07) is 16.5. The summed E-state index contributed by atoms with van der Waals surface area (Å²) in [5, 5.41) is 7.04. The summed E-state index contributed by atoms with van der Waals surface area (Å²) in [6.45, 7) is 5.22. The van der Waals surface area contributed by atoms with Gasteiger partial charge in [0.15, 0.2) is 5.11 Å². The van der Waals surface area contributed by atoms with Gasteiger partial charge in [-0.3, -0.25) is 0 Å². The molecular formula is C19H24N2OS. The van der Waals surface area contributed by atoms with Crippen LogP contribution in [0.3, 0.4) is 0 Å². The molecule has 0 heterocycles. The molecule has 2 aromatic carbocycles. The molecule has 0 atom stereocenters. The van der Waals surface area contributed by atoms with Crippen molar-refractivity contribution < 1.29 is 4.74 Å². The number of hydrogen-bond donors (Lipinski definition) is 2. The fourth-order valence-electron chi connectivity index (χ4n) is 2.24. The third kappa shape index (κ3) is 5.57. The van der Waals surface area contributed by atoms with Gasteiger partial charge in [-0.25, -0.2) is 0 Å². The average Bonchev–Trinajstić information content (AvgIpc) is 2.56. The molecule has 0 unspecified atom stereocenters. The van der Waals surface area contributed by atoms with Crippen molar-refractivity contribution in [2.45, 2.75) is 26.2 Å². The van der Waals surface area contributed by atoms with Gasteiger partial charge < -0.3 is 15.4 Å². The molecule has 0 aromatic heterocycles. The number of benzene rings is 2. The van der Waals surface area contributed by atoms with Gasteiger partial charge in [0, 0.05) is 12.2 Å². The lowest BCUT2D eigenvalue weighted by Gasteiger charge is -2.11. The summed E-state index contributed by atoms with van der Waals surface area (Å²) in [7, 11) is 1.66. The van der Waals surface area contributed by atoms with Crippen molar-refractivity contribution in [2.75, 3.05) is 19.0 Å². The van der Waals surface area contributed by atoms with Crippen molar-refractivity contribution in [3.05, 3.63) is 59.7 Å². The topological polar surface area (TPSA) is 33.3 Å². The highest BCUT2D eigenvalue weighted by molar-refractivity contribution is 7.80. The first-order chi connectivity index (χ1) is 11.1. The van der Waals surface area contributed by atoms with Crippen LogP contribution in [0.25, 0.3) is 0 Å². The van der Waals surface area contributed by atoms with Gasteiger partial charge in [0.05, 0.1) is 7.11 Å². The van der Waals surface area contributed by atoms with Gasteiger partial charge >= 0.3 is 0 Å². The van der Waals surface area contributed by atoms with E-state index in [1.54, 1.807) is 7.11 Å². The first-order valence-electron chi connectivity index (χ1n) is 7.86. The summed E-state index contributed by atoms with van der Waals surface area (Å²) in [4.78, 5) is 0. The predicted octanol–water partition coefficient (Wildman–Crippen LogP) is 4.35. The van der Waals surface area contributed by atoms with Crippen molar-refractivity contribution in [3.63, 3.8) is 0 Å². The molecule has 2 rings (SSSR count). The minimum atomic E-state index is 0.573. The van der Waals surface area contributed by atoms with Crippen LogP contribution in [0.2, 0.25) is 0 Å². The lowest BCUT2D eigenvalue weighted by atomic mass is 10.0. The van der Waals surface area contributed by atoms with Gasteiger partial charge in [0.25, 0.3) is 0 Å². The molecule has 2 aromatic rings. The van der Waals surface area contributed by atoms with Gasteiger partial charge in [0.2, 0.25) is 0 Å². The number of methoxy groups -OCH3 is 1. The molecule has 0 aliphatic carbocycles. The van der Waals surface area contributed by atoms with E-state index in [1.807, 2.05) is 24.3 Å². The van der Waals surface area contributed by atoms with E-state index in [4.69, 9.17) is 17.0 Å². The molecule has 23 heavy (non-hydrogen) atoms. The lowest BCUT2D eigenvalue weighted by molar-refractivity contribution is 0.415. The smallest absolute Gasteiger partial charge is 0.170 e. The highest BCUT2D eigenvalue weighted by Gasteiger charge is 2.01. The van der Waals surface area contributed by atoms with Crippen molar-refractivity contribution in [3.8, 4) is 5.75 Å². The lowest BCUT2D eigenvalue weighted by Crippen LogP contribution is -2.30. The Morgan fingerprint density at radius 1 is 1.04 bits per heavy atom. The largest absolute Gasteiger partial charge is 0.497 e. The number of ether oxygens (including phenoxy) is 1. The van der Waals surface area contributed by atoms with Crippen LogP contribution < -0.4 is 15.4 Å². The van der Waals surface area contributed by atoms with Crippen LogP contribution in [0.1, 0.15) is 30.9 Å². The highest BCUT2D eigenvalue weighted by atomic mass is 32.1. The second-order valence-corrected chi connectivity index (χ2v) is 6.16. The Morgan fingerprint density at radius 3 is 2.26 bits per heavy atom. The normalized spacial score (nSPS) is 10.4. The predicted molar refractivity (Wildman–Crippen MR) is 101 cm³/mol. The van der Waals surface area contributed by atoms with Crippen LogP contribution in [0.15, 0.2) is 48.5 Å². The number of nitrogens with one attached hydrogen (secondary N) is 2. The molecule has 0 saturated carbocycles. The molecular weight excluding hydrogens is 304 g/mol. The maximum absolute atomic E-state index is 5.31. The summed E-state index contributed by atoms with van der Waals surface area (Å²) >= 11 is 5.31. The first kappa shape index (κ1) is 17.3. The Bertz CT molecular complexity index is 621. The van der Waals surface area contributed by atoms with Crippen molar-refractivity contribution >= 4 is 23.0 Å². The van der Waals surface area contributed by atoms with E-state index in [2.05, 4.69) is 48.7 Å². The van der Waals surface area contributed by atoms with Crippen LogP contribution in [0, 0.1) is 0 Å². The standard InChI is InChI=1S/C19H24N2OS/c1-14(2)16-6-4-15(5-7-16)12-13-20-19(23)21-17-8-10-18(22-3)11-9-17/h4-11,14H,12-13H2,1-3H3,(H2,20,21,23). The molecule has 4 heteroatoms. The third-order valence-corrected chi connectivity index (χ3v) is 3.94. The molecule has 0 fully saturated rings. The molecule has 0 aliphatic heterocycles. The fourth-order valence-corrected chi connectivity index (χ4v) is 2.46. The van der Waals surface area contributed by atoms with Gasteiger partial charge in [-0.05, 0) is 59.9 Å². The molecule has 122 valence electrons. The molecule has 0 aliphatic rings. The zero-order valence-electron chi connectivity index (χ0n) is 13.9. The molecule has 0 spiro atoms. The van der Waals surface area contributed by atoms with Crippen LogP contribution in [-0.2, 0) is 6.42 Å². The van der Waals surface area contributed by atoms with Crippen molar-refractivity contribution in [1.29, 1.82) is 0 Å². The van der Waals surface area contributed by atoms with Crippen LogP contribution in [0.4, 0.5) is 5.69 Å². The number of hydrogen-bond acceptors (Lipinski definition) is 2. The summed E-state index contributed by atoms with van der Waals surface area (Å²) in [6.07, 6.45) is 0.947. The maximum Gasteiger partial charge on any atom is 0.170 e. The summed E-state index contributed by atoms with van der Waals surface area (Å²) in [5.41, 5.74) is 3.64. The van der Waals surface area contributed by atoms with Gasteiger partial charge in [-0.1, -0.05) is 38.1 Å². The summed E-state index contributed by atoms with van der Waals surface area (Å²) in [5.74, 6) is 1.41. The van der Waals surface area contributed by atoms with Gasteiger partial charge in [-0.2, -0.15) is 0 Å². The SMILES string of the molecule is COc1ccc(NC(=S)NCCc2ccc(C(C)C)cc2)cc1. The van der Waals surface area contributed by atoms with Crippen molar-refractivity contribution in [1.82, 2.24) is 5.32 Å². The highest BCUT2D eigenvalue weighted by Crippen LogP contribution is 2.15. The van der Waals surface area contributed by atoms with Crippen LogP contribution >= 0.6 is 12.2 Å². The van der Waals surface area contributed by atoms with E-state index in [0.29, 0.717) is 11.0 Å². The zero-order chi connectivity index (χ0) is 16.7. The van der Waals surface area contributed by atoms with E-state index in [1.165, 1.54) is 11.1 Å². The molecule has 2 N–H and O–H groups in total. The molecule has 0 saturated heterocycles. The third-order valence-electron chi connectivity index (χ3n) is 3.69. The first-order valence-corrected chi connectivity index (χ1v) is 8.27. The number of anilines is 1. The van der Waals surface area contributed by atoms with E-state index < -0.39 is 0 Å². The van der Waals surface area contributed by atoms with Crippen LogP contribution in [0.5, 0.6) is 5.75 Å². The average molecular weight is 328 g/mol. The maximum atomic E-state index is 5.31. The summed E-state index contributed by atoms with van der Waals surface area (Å²) < 4.78 is 5.13. The molecule has 0 amide bonds. The number of thiocarbonyl (C=S) groups is 1. The molecule has 0 bridgehead atoms. The van der Waals surface area contributed by atoms with E-state index >= 15 is 0 Å². The Kier molecular flexibility index (Phi) is 6.41. The molecule has 3 nitrogen and oxygen atoms in total. The van der Waals surface area contributed by atoms with E-state index in [0.717, 1.165) is 24.4 Å². The van der Waals surface area contributed by atoms with E-state index in [-0.39, 0.29) is 0 Å².